The first-order valence-corrected chi connectivity index (χ1v) is 13.0. The number of aromatic nitrogens is 1. The van der Waals surface area contributed by atoms with E-state index in [1.165, 1.54) is 0 Å². The van der Waals surface area contributed by atoms with Crippen molar-refractivity contribution in [2.45, 2.75) is 16.6 Å². The molecule has 1 aromatic heterocycles. The van der Waals surface area contributed by atoms with Gasteiger partial charge in [-0.2, -0.15) is 5.26 Å². The zero-order valence-corrected chi connectivity index (χ0v) is 20.2. The van der Waals surface area contributed by atoms with Gasteiger partial charge in [0.25, 0.3) is 0 Å². The number of benzene rings is 1. The number of sulfone groups is 1. The lowest BCUT2D eigenvalue weighted by Gasteiger charge is -2.36. The highest BCUT2D eigenvalue weighted by Crippen LogP contribution is 2.33. The van der Waals surface area contributed by atoms with Crippen molar-refractivity contribution in [2.75, 3.05) is 69.3 Å². The quantitative estimate of drug-likeness (QED) is 0.585. The van der Waals surface area contributed by atoms with Crippen molar-refractivity contribution in [3.05, 3.63) is 47.1 Å². The molecular formula is C23H28ClN5O3S. The number of hydrogen-bond donors (Lipinski definition) is 0. The van der Waals surface area contributed by atoms with Gasteiger partial charge in [0.2, 0.25) is 0 Å². The second kappa shape index (κ2) is 10.3. The van der Waals surface area contributed by atoms with E-state index in [1.54, 1.807) is 37.4 Å². The van der Waals surface area contributed by atoms with Crippen LogP contribution in [0.4, 0.5) is 11.5 Å². The second-order valence-corrected chi connectivity index (χ2v) is 10.9. The summed E-state index contributed by atoms with van der Waals surface area (Å²) >= 11 is 6.51. The van der Waals surface area contributed by atoms with Crippen LogP contribution < -0.4 is 9.80 Å². The molecule has 0 radical (unpaired) electrons. The minimum atomic E-state index is -3.60. The van der Waals surface area contributed by atoms with Crippen LogP contribution in [-0.2, 0) is 14.6 Å². The number of piperazine rings is 1. The zero-order valence-electron chi connectivity index (χ0n) is 18.7. The molecule has 0 aliphatic carbocycles. The number of nitriles is 1. The average molecular weight is 490 g/mol. The number of ether oxygens (including phenoxy) is 1. The Hall–Kier alpha value is -2.38. The van der Waals surface area contributed by atoms with Crippen LogP contribution in [0.2, 0.25) is 5.02 Å². The van der Waals surface area contributed by atoms with E-state index in [4.69, 9.17) is 21.6 Å². The molecule has 2 fully saturated rings. The first-order chi connectivity index (χ1) is 15.9. The lowest BCUT2D eigenvalue weighted by molar-refractivity contribution is 0.144. The van der Waals surface area contributed by atoms with Crippen LogP contribution >= 0.6 is 11.6 Å². The van der Waals surface area contributed by atoms with E-state index in [1.807, 2.05) is 17.0 Å². The number of anilines is 2. The summed E-state index contributed by atoms with van der Waals surface area (Å²) in [5, 5.41) is 8.77. The Balaban J connectivity index is 1.44. The van der Waals surface area contributed by atoms with E-state index in [0.29, 0.717) is 31.0 Å². The Kier molecular flexibility index (Phi) is 7.39. The third kappa shape index (κ3) is 5.25. The third-order valence-corrected chi connectivity index (χ3v) is 8.98. The Morgan fingerprint density at radius 2 is 1.94 bits per heavy atom. The summed E-state index contributed by atoms with van der Waals surface area (Å²) in [7, 11) is -1.89. The van der Waals surface area contributed by atoms with Gasteiger partial charge in [-0.1, -0.05) is 17.7 Å². The topological polar surface area (TPSA) is 89.8 Å². The molecule has 1 aromatic carbocycles. The molecule has 2 saturated heterocycles. The number of pyridine rings is 1. The Labute approximate surface area is 200 Å². The van der Waals surface area contributed by atoms with E-state index in [9.17, 15) is 8.42 Å². The van der Waals surface area contributed by atoms with Gasteiger partial charge in [0.1, 0.15) is 17.6 Å². The molecule has 33 heavy (non-hydrogen) atoms. The molecule has 0 spiro atoms. The van der Waals surface area contributed by atoms with Gasteiger partial charge in [0.15, 0.2) is 9.84 Å². The lowest BCUT2D eigenvalue weighted by Crippen LogP contribution is -2.47. The van der Waals surface area contributed by atoms with Gasteiger partial charge >= 0.3 is 0 Å². The largest absolute Gasteiger partial charge is 0.383 e. The van der Waals surface area contributed by atoms with Crippen LogP contribution in [0.1, 0.15) is 12.1 Å². The zero-order chi connectivity index (χ0) is 23.4. The first kappa shape index (κ1) is 23.8. The van der Waals surface area contributed by atoms with Crippen LogP contribution in [0.3, 0.4) is 0 Å². The molecule has 1 unspecified atom stereocenters. The molecule has 176 valence electrons. The fourth-order valence-corrected chi connectivity index (χ4v) is 6.63. The van der Waals surface area contributed by atoms with Gasteiger partial charge in [0, 0.05) is 58.6 Å². The van der Waals surface area contributed by atoms with E-state index in [-0.39, 0.29) is 9.92 Å². The maximum atomic E-state index is 13.4. The number of hydrogen-bond acceptors (Lipinski definition) is 8. The van der Waals surface area contributed by atoms with Crippen LogP contribution in [0, 0.1) is 11.3 Å². The summed E-state index contributed by atoms with van der Waals surface area (Å²) in [6.07, 6.45) is 0.488. The van der Waals surface area contributed by atoms with Crippen molar-refractivity contribution in [1.82, 2.24) is 9.88 Å². The number of methoxy groups -OCH3 is 1. The van der Waals surface area contributed by atoms with Gasteiger partial charge in [-0.15, -0.1) is 0 Å². The smallest absolute Gasteiger partial charge is 0.184 e. The van der Waals surface area contributed by atoms with Gasteiger partial charge in [-0.25, -0.2) is 13.4 Å². The third-order valence-electron chi connectivity index (χ3n) is 6.33. The van der Waals surface area contributed by atoms with Crippen LogP contribution in [0.25, 0.3) is 0 Å². The van der Waals surface area contributed by atoms with Crippen molar-refractivity contribution in [2.24, 2.45) is 0 Å². The monoisotopic (exact) mass is 489 g/mol. The van der Waals surface area contributed by atoms with Crippen molar-refractivity contribution < 1.29 is 13.2 Å². The van der Waals surface area contributed by atoms with Crippen LogP contribution in [0.5, 0.6) is 0 Å². The lowest BCUT2D eigenvalue weighted by atomic mass is 10.2. The van der Waals surface area contributed by atoms with Crippen molar-refractivity contribution >= 4 is 32.9 Å². The van der Waals surface area contributed by atoms with Crippen molar-refractivity contribution in [3.63, 3.8) is 0 Å². The highest BCUT2D eigenvalue weighted by Gasteiger charge is 2.36. The predicted molar refractivity (Wildman–Crippen MR) is 129 cm³/mol. The van der Waals surface area contributed by atoms with Gasteiger partial charge in [-0.3, -0.25) is 4.90 Å². The minimum Gasteiger partial charge on any atom is -0.383 e. The summed E-state index contributed by atoms with van der Waals surface area (Å²) in [5.74, 6) is 0.623. The molecule has 2 aliphatic rings. The highest BCUT2D eigenvalue weighted by molar-refractivity contribution is 7.92. The fourth-order valence-electron chi connectivity index (χ4n) is 4.40. The highest BCUT2D eigenvalue weighted by atomic mass is 35.5. The minimum absolute atomic E-state index is 0.178. The number of rotatable bonds is 7. The standard InChI is InChI=1S/C23H28ClN5O3S/c1-32-14-13-27-9-11-28(12-10-27)19-5-6-22(21(24)15-19)33(30,31)20-7-8-29(17-20)23-4-2-3-18(16-25)26-23/h2-6,15,20H,7-14,17H2,1H3. The Morgan fingerprint density at radius 1 is 1.15 bits per heavy atom. The SMILES string of the molecule is COCCN1CCN(c2ccc(S(=O)(=O)C3CCN(c4cccc(C#N)n4)C3)c(Cl)c2)CC1. The van der Waals surface area contributed by atoms with Crippen molar-refractivity contribution in [3.8, 4) is 6.07 Å². The molecule has 1 atom stereocenters. The van der Waals surface area contributed by atoms with E-state index in [2.05, 4.69) is 14.8 Å². The van der Waals surface area contributed by atoms with Crippen LogP contribution in [-0.4, -0.2) is 83.1 Å². The normalized spacial score (nSPS) is 19.6. The molecule has 2 aliphatic heterocycles. The van der Waals surface area contributed by atoms with E-state index < -0.39 is 15.1 Å². The summed E-state index contributed by atoms with van der Waals surface area (Å²) in [6, 6.07) is 12.5. The average Bonchev–Trinajstić information content (AvgIpc) is 3.34. The summed E-state index contributed by atoms with van der Waals surface area (Å²) in [4.78, 5) is 11.0. The fraction of sp³-hybridized carbons (Fsp3) is 0.478. The van der Waals surface area contributed by atoms with Gasteiger partial charge in [0.05, 0.1) is 21.8 Å². The Morgan fingerprint density at radius 3 is 2.64 bits per heavy atom. The molecule has 0 amide bonds. The van der Waals surface area contributed by atoms with E-state index in [0.717, 1.165) is 45.0 Å². The predicted octanol–water partition coefficient (Wildman–Crippen LogP) is 2.43. The van der Waals surface area contributed by atoms with Crippen LogP contribution in [0.15, 0.2) is 41.3 Å². The molecule has 4 rings (SSSR count). The number of nitrogens with zero attached hydrogens (tertiary/aromatic N) is 5. The number of halogens is 1. The molecule has 8 nitrogen and oxygen atoms in total. The molecule has 0 N–H and O–H groups in total. The summed E-state index contributed by atoms with van der Waals surface area (Å²) in [6.45, 7) is 6.10. The molecule has 2 aromatic rings. The second-order valence-electron chi connectivity index (χ2n) is 8.33. The van der Waals surface area contributed by atoms with Gasteiger partial charge in [-0.05, 0) is 36.8 Å². The van der Waals surface area contributed by atoms with Crippen molar-refractivity contribution in [1.29, 1.82) is 5.26 Å². The van der Waals surface area contributed by atoms with E-state index >= 15 is 0 Å². The molecule has 10 heteroatoms. The van der Waals surface area contributed by atoms with Gasteiger partial charge < -0.3 is 14.5 Å². The Bertz CT molecular complexity index is 1130. The molecular weight excluding hydrogens is 462 g/mol. The molecule has 0 saturated carbocycles. The summed E-state index contributed by atoms with van der Waals surface area (Å²) in [5.41, 5.74) is 1.26. The maximum absolute atomic E-state index is 13.4. The molecule has 0 bridgehead atoms. The first-order valence-electron chi connectivity index (χ1n) is 11.0. The molecule has 3 heterocycles. The summed E-state index contributed by atoms with van der Waals surface area (Å²) < 4.78 is 31.9. The maximum Gasteiger partial charge on any atom is 0.184 e.